The number of benzene rings is 1. The standard InChI is InChI=1S/C36H50F2O4/c1-4-6-24-8-13-30(14-9-24)42-35(39)36(3)19-17-26(18-20-36)28-12-11-27-21-25(7-10-29(27)22-28)23-41-32-16-15-31(40-5-2)33(37)34(32)38/h15-19,24-25,27-30H,4-14,20-23H2,1-3H3. The van der Waals surface area contributed by atoms with Crippen molar-refractivity contribution in [3.8, 4) is 11.5 Å². The lowest BCUT2D eigenvalue weighted by Crippen LogP contribution is -2.35. The smallest absolute Gasteiger partial charge is 0.316 e. The molecule has 6 heteroatoms. The van der Waals surface area contributed by atoms with E-state index in [2.05, 4.69) is 25.2 Å². The van der Waals surface area contributed by atoms with E-state index in [1.807, 2.05) is 6.92 Å². The van der Waals surface area contributed by atoms with E-state index in [1.54, 1.807) is 6.92 Å². The third-order valence-corrected chi connectivity index (χ3v) is 10.6. The number of hydrogen-bond donors (Lipinski definition) is 0. The van der Waals surface area contributed by atoms with Gasteiger partial charge in [-0.2, -0.15) is 8.78 Å². The Morgan fingerprint density at radius 1 is 0.881 bits per heavy atom. The SMILES string of the molecule is CCCC1CCC(OC(=O)C2(C)C=CC(C3CCC4CC(COc5ccc(OCC)c(F)c5F)CCC4C3)=CC2)CC1. The molecule has 42 heavy (non-hydrogen) atoms. The number of hydrogen-bond acceptors (Lipinski definition) is 4. The van der Waals surface area contributed by atoms with Crippen molar-refractivity contribution in [2.45, 2.75) is 110 Å². The first-order valence-electron chi connectivity index (χ1n) is 16.6. The van der Waals surface area contributed by atoms with Crippen LogP contribution in [0.15, 0.2) is 35.9 Å². The highest BCUT2D eigenvalue weighted by molar-refractivity contribution is 5.79. The molecule has 0 aromatic heterocycles. The first-order chi connectivity index (χ1) is 20.3. The monoisotopic (exact) mass is 584 g/mol. The molecule has 0 saturated heterocycles. The van der Waals surface area contributed by atoms with Gasteiger partial charge in [-0.25, -0.2) is 0 Å². The summed E-state index contributed by atoms with van der Waals surface area (Å²) >= 11 is 0. The van der Waals surface area contributed by atoms with Gasteiger partial charge in [-0.15, -0.1) is 0 Å². The van der Waals surface area contributed by atoms with Gasteiger partial charge in [0, 0.05) is 0 Å². The van der Waals surface area contributed by atoms with Crippen molar-refractivity contribution >= 4 is 5.97 Å². The summed E-state index contributed by atoms with van der Waals surface area (Å²) in [5.41, 5.74) is 0.822. The van der Waals surface area contributed by atoms with E-state index in [4.69, 9.17) is 14.2 Å². The molecule has 3 saturated carbocycles. The Morgan fingerprint density at radius 3 is 2.21 bits per heavy atom. The molecule has 0 aliphatic heterocycles. The minimum atomic E-state index is -0.982. The van der Waals surface area contributed by atoms with E-state index in [-0.39, 0.29) is 30.2 Å². The summed E-state index contributed by atoms with van der Waals surface area (Å²) in [7, 11) is 0. The van der Waals surface area contributed by atoms with Crippen LogP contribution in [0.1, 0.15) is 104 Å². The van der Waals surface area contributed by atoms with Gasteiger partial charge in [0.2, 0.25) is 11.6 Å². The normalized spacial score (nSPS) is 32.9. The van der Waals surface area contributed by atoms with Crippen LogP contribution >= 0.6 is 0 Å². The number of halogens is 2. The van der Waals surface area contributed by atoms with Gasteiger partial charge >= 0.3 is 5.97 Å². The third kappa shape index (κ3) is 7.22. The largest absolute Gasteiger partial charge is 0.491 e. The van der Waals surface area contributed by atoms with Crippen LogP contribution in [0.2, 0.25) is 0 Å². The molecule has 232 valence electrons. The maximum atomic E-state index is 14.4. The molecule has 0 radical (unpaired) electrons. The lowest BCUT2D eigenvalue weighted by atomic mass is 9.63. The summed E-state index contributed by atoms with van der Waals surface area (Å²) in [6.07, 6.45) is 21.1. The minimum Gasteiger partial charge on any atom is -0.491 e. The van der Waals surface area contributed by atoms with Gasteiger partial charge in [-0.3, -0.25) is 4.79 Å². The molecule has 5 atom stereocenters. The molecular weight excluding hydrogens is 534 g/mol. The Hall–Kier alpha value is -2.37. The van der Waals surface area contributed by atoms with Crippen molar-refractivity contribution < 1.29 is 27.8 Å². The van der Waals surface area contributed by atoms with Crippen LogP contribution in [0.5, 0.6) is 11.5 Å². The van der Waals surface area contributed by atoms with E-state index >= 15 is 0 Å². The Labute approximate surface area is 251 Å². The van der Waals surface area contributed by atoms with E-state index in [0.717, 1.165) is 50.9 Å². The molecule has 4 aliphatic carbocycles. The number of ether oxygens (including phenoxy) is 3. The molecule has 4 aliphatic rings. The number of fused-ring (bicyclic) bond motifs is 1. The van der Waals surface area contributed by atoms with Gasteiger partial charge in [-0.05, 0) is 132 Å². The minimum absolute atomic E-state index is 0.0342. The summed E-state index contributed by atoms with van der Waals surface area (Å²) in [6, 6.07) is 2.91. The van der Waals surface area contributed by atoms with Crippen LogP contribution in [0.4, 0.5) is 8.78 Å². The van der Waals surface area contributed by atoms with E-state index in [9.17, 15) is 13.6 Å². The predicted molar refractivity (Wildman–Crippen MR) is 161 cm³/mol. The van der Waals surface area contributed by atoms with Crippen molar-refractivity contribution in [2.75, 3.05) is 13.2 Å². The fourth-order valence-corrected chi connectivity index (χ4v) is 7.97. The lowest BCUT2D eigenvalue weighted by Gasteiger charge is -2.43. The summed E-state index contributed by atoms with van der Waals surface area (Å²) in [5.74, 6) is 0.933. The molecule has 0 amide bonds. The molecule has 0 spiro atoms. The highest BCUT2D eigenvalue weighted by Gasteiger charge is 2.39. The second-order valence-corrected chi connectivity index (χ2v) is 13.6. The second kappa shape index (κ2) is 13.9. The lowest BCUT2D eigenvalue weighted by molar-refractivity contribution is -0.159. The number of esters is 1. The van der Waals surface area contributed by atoms with E-state index in [1.165, 1.54) is 56.2 Å². The molecular formula is C36H50F2O4. The predicted octanol–water partition coefficient (Wildman–Crippen LogP) is 9.37. The van der Waals surface area contributed by atoms with Crippen molar-refractivity contribution in [1.82, 2.24) is 0 Å². The van der Waals surface area contributed by atoms with Crippen molar-refractivity contribution in [2.24, 2.45) is 35.0 Å². The highest BCUT2D eigenvalue weighted by Crippen LogP contribution is 2.48. The fourth-order valence-electron chi connectivity index (χ4n) is 7.97. The molecule has 1 aromatic carbocycles. The average Bonchev–Trinajstić information content (AvgIpc) is 3.00. The first kappa shape index (κ1) is 31.1. The van der Waals surface area contributed by atoms with Gasteiger partial charge in [0.15, 0.2) is 11.5 Å². The molecule has 5 rings (SSSR count). The van der Waals surface area contributed by atoms with Crippen LogP contribution < -0.4 is 9.47 Å². The summed E-state index contributed by atoms with van der Waals surface area (Å²) in [6.45, 7) is 6.71. The van der Waals surface area contributed by atoms with Crippen molar-refractivity contribution in [3.63, 3.8) is 0 Å². The molecule has 0 bridgehead atoms. The molecule has 1 aromatic rings. The molecule has 0 heterocycles. The van der Waals surface area contributed by atoms with Gasteiger partial charge in [-0.1, -0.05) is 38.0 Å². The number of allylic oxidation sites excluding steroid dienone is 3. The zero-order valence-corrected chi connectivity index (χ0v) is 25.8. The topological polar surface area (TPSA) is 44.8 Å². The molecule has 3 fully saturated rings. The maximum absolute atomic E-state index is 14.4. The van der Waals surface area contributed by atoms with Gasteiger partial charge < -0.3 is 14.2 Å². The van der Waals surface area contributed by atoms with Crippen LogP contribution in [-0.4, -0.2) is 25.3 Å². The molecule has 5 unspecified atom stereocenters. The summed E-state index contributed by atoms with van der Waals surface area (Å²) < 4.78 is 45.6. The number of carbonyl (C=O) groups is 1. The third-order valence-electron chi connectivity index (χ3n) is 10.6. The summed E-state index contributed by atoms with van der Waals surface area (Å²) in [4.78, 5) is 13.2. The second-order valence-electron chi connectivity index (χ2n) is 13.6. The van der Waals surface area contributed by atoms with Crippen LogP contribution in [0.25, 0.3) is 0 Å². The first-order valence-corrected chi connectivity index (χ1v) is 16.6. The average molecular weight is 585 g/mol. The Kier molecular flexibility index (Phi) is 10.3. The van der Waals surface area contributed by atoms with E-state index in [0.29, 0.717) is 30.3 Å². The van der Waals surface area contributed by atoms with Gasteiger partial charge in [0.05, 0.1) is 18.6 Å². The highest BCUT2D eigenvalue weighted by atomic mass is 19.2. The fraction of sp³-hybridized carbons (Fsp3) is 0.694. The number of carbonyl (C=O) groups excluding carboxylic acids is 1. The van der Waals surface area contributed by atoms with E-state index < -0.39 is 17.0 Å². The van der Waals surface area contributed by atoms with Gasteiger partial charge in [0.25, 0.3) is 0 Å². The van der Waals surface area contributed by atoms with Gasteiger partial charge in [0.1, 0.15) is 6.10 Å². The Morgan fingerprint density at radius 2 is 1.55 bits per heavy atom. The molecule has 4 nitrogen and oxygen atoms in total. The zero-order chi connectivity index (χ0) is 29.7. The van der Waals surface area contributed by atoms with Crippen LogP contribution in [0.3, 0.4) is 0 Å². The Balaban J connectivity index is 1.07. The maximum Gasteiger partial charge on any atom is 0.316 e. The quantitative estimate of drug-likeness (QED) is 0.257. The summed E-state index contributed by atoms with van der Waals surface area (Å²) in [5, 5.41) is 0. The Bertz CT molecular complexity index is 1140. The zero-order valence-electron chi connectivity index (χ0n) is 25.8. The van der Waals surface area contributed by atoms with Crippen molar-refractivity contribution in [3.05, 3.63) is 47.6 Å². The van der Waals surface area contributed by atoms with Crippen LogP contribution in [-0.2, 0) is 9.53 Å². The number of rotatable bonds is 10. The van der Waals surface area contributed by atoms with Crippen molar-refractivity contribution in [1.29, 1.82) is 0 Å². The molecule has 0 N–H and O–H groups in total. The van der Waals surface area contributed by atoms with Crippen LogP contribution in [0, 0.1) is 46.6 Å².